The molecule has 0 radical (unpaired) electrons. The van der Waals surface area contributed by atoms with Gasteiger partial charge in [-0.25, -0.2) is 0 Å². The van der Waals surface area contributed by atoms with Crippen molar-refractivity contribution in [2.45, 2.75) is 25.3 Å². The van der Waals surface area contributed by atoms with E-state index >= 15 is 0 Å². The van der Waals surface area contributed by atoms with Crippen LogP contribution >= 0.6 is 0 Å². The van der Waals surface area contributed by atoms with Crippen LogP contribution in [0.2, 0.25) is 0 Å². The minimum Gasteiger partial charge on any atom is -0.481 e. The first-order chi connectivity index (χ1) is 9.25. The molecule has 1 aromatic carbocycles. The third-order valence-electron chi connectivity index (χ3n) is 3.82. The smallest absolute Gasteiger partial charge is 0.308 e. The molecule has 19 heavy (non-hydrogen) atoms. The molecule has 0 saturated heterocycles. The Labute approximate surface area is 111 Å². The molecule has 0 spiro atoms. The summed E-state index contributed by atoms with van der Waals surface area (Å²) in [5.74, 6) is -0.986. The molecule has 1 aromatic heterocycles. The van der Waals surface area contributed by atoms with Gasteiger partial charge in [0.05, 0.1) is 11.4 Å². The van der Waals surface area contributed by atoms with Crippen molar-refractivity contribution in [2.24, 2.45) is 5.92 Å². The van der Waals surface area contributed by atoms with Crippen molar-refractivity contribution >= 4 is 22.6 Å². The van der Waals surface area contributed by atoms with Gasteiger partial charge in [0.25, 0.3) is 0 Å². The van der Waals surface area contributed by atoms with Gasteiger partial charge >= 0.3 is 5.97 Å². The number of anilines is 1. The number of carboxylic acids is 1. The van der Waals surface area contributed by atoms with Gasteiger partial charge < -0.3 is 10.4 Å². The number of fused-ring (bicyclic) bond motifs is 1. The Kier molecular flexibility index (Phi) is 3.07. The molecule has 3 rings (SSSR count). The fourth-order valence-corrected chi connectivity index (χ4v) is 2.85. The maximum Gasteiger partial charge on any atom is 0.308 e. The quantitative estimate of drug-likeness (QED) is 0.886. The number of pyridine rings is 1. The third-order valence-corrected chi connectivity index (χ3v) is 3.82. The molecule has 98 valence electrons. The molecule has 2 atom stereocenters. The van der Waals surface area contributed by atoms with Crippen molar-refractivity contribution in [3.8, 4) is 0 Å². The lowest BCUT2D eigenvalue weighted by Gasteiger charge is -2.19. The maximum atomic E-state index is 11.2. The normalized spacial score (nSPS) is 22.5. The predicted molar refractivity (Wildman–Crippen MR) is 74.1 cm³/mol. The molecule has 0 amide bonds. The van der Waals surface area contributed by atoms with Crippen LogP contribution in [0.15, 0.2) is 36.5 Å². The number of benzene rings is 1. The van der Waals surface area contributed by atoms with Crippen molar-refractivity contribution in [2.75, 3.05) is 5.32 Å². The highest BCUT2D eigenvalue weighted by atomic mass is 16.4. The van der Waals surface area contributed by atoms with E-state index in [0.29, 0.717) is 0 Å². The van der Waals surface area contributed by atoms with Crippen LogP contribution in [0.4, 0.5) is 5.69 Å². The lowest BCUT2D eigenvalue weighted by atomic mass is 10.0. The van der Waals surface area contributed by atoms with E-state index in [-0.39, 0.29) is 12.0 Å². The van der Waals surface area contributed by atoms with Crippen molar-refractivity contribution in [3.63, 3.8) is 0 Å². The Hall–Kier alpha value is -2.10. The fraction of sp³-hybridized carbons (Fsp3) is 0.333. The fourth-order valence-electron chi connectivity index (χ4n) is 2.85. The zero-order valence-corrected chi connectivity index (χ0v) is 10.5. The summed E-state index contributed by atoms with van der Waals surface area (Å²) in [5.41, 5.74) is 1.90. The average molecular weight is 256 g/mol. The molecule has 2 aromatic rings. The van der Waals surface area contributed by atoms with Gasteiger partial charge in [-0.15, -0.1) is 0 Å². The predicted octanol–water partition coefficient (Wildman–Crippen LogP) is 2.90. The van der Waals surface area contributed by atoms with Crippen LogP contribution in [-0.4, -0.2) is 22.1 Å². The average Bonchev–Trinajstić information content (AvgIpc) is 2.87. The van der Waals surface area contributed by atoms with E-state index in [1.54, 1.807) is 6.20 Å². The summed E-state index contributed by atoms with van der Waals surface area (Å²) in [5, 5.41) is 13.7. The van der Waals surface area contributed by atoms with Crippen molar-refractivity contribution < 1.29 is 9.90 Å². The molecule has 1 fully saturated rings. The monoisotopic (exact) mass is 256 g/mol. The third kappa shape index (κ3) is 2.26. The summed E-state index contributed by atoms with van der Waals surface area (Å²) in [4.78, 5) is 15.5. The van der Waals surface area contributed by atoms with E-state index in [9.17, 15) is 9.90 Å². The minimum absolute atomic E-state index is 0.0170. The summed E-state index contributed by atoms with van der Waals surface area (Å²) in [6.07, 6.45) is 4.40. The number of para-hydroxylation sites is 1. The maximum absolute atomic E-state index is 11.2. The van der Waals surface area contributed by atoms with Gasteiger partial charge in [-0.2, -0.15) is 0 Å². The molecular formula is C15H16N2O2. The highest BCUT2D eigenvalue weighted by Gasteiger charge is 2.32. The molecule has 4 heteroatoms. The molecule has 0 bridgehead atoms. The summed E-state index contributed by atoms with van der Waals surface area (Å²) in [6.45, 7) is 0. The van der Waals surface area contributed by atoms with Crippen LogP contribution in [0.25, 0.3) is 10.9 Å². The molecule has 2 unspecified atom stereocenters. The van der Waals surface area contributed by atoms with E-state index in [4.69, 9.17) is 0 Å². The van der Waals surface area contributed by atoms with Gasteiger partial charge in [-0.05, 0) is 25.0 Å². The molecule has 4 nitrogen and oxygen atoms in total. The Balaban J connectivity index is 1.91. The molecule has 1 saturated carbocycles. The standard InChI is InChI=1S/C15H16N2O2/c18-15(19)11-5-3-7-13(11)17-14-8-9-16-12-6-2-1-4-10(12)14/h1-2,4,6,8-9,11,13H,3,5,7H2,(H,16,17)(H,18,19). The largest absolute Gasteiger partial charge is 0.481 e. The van der Waals surface area contributed by atoms with Gasteiger partial charge in [-0.3, -0.25) is 9.78 Å². The summed E-state index contributed by atoms with van der Waals surface area (Å²) >= 11 is 0. The second-order valence-electron chi connectivity index (χ2n) is 5.00. The number of aliphatic carboxylic acids is 1. The zero-order chi connectivity index (χ0) is 13.2. The van der Waals surface area contributed by atoms with E-state index in [1.165, 1.54) is 0 Å². The number of hydrogen-bond donors (Lipinski definition) is 2. The minimum atomic E-state index is -0.701. The summed E-state index contributed by atoms with van der Waals surface area (Å²) in [6, 6.07) is 9.83. The van der Waals surface area contributed by atoms with Crippen LogP contribution in [0, 0.1) is 5.92 Å². The van der Waals surface area contributed by atoms with Gasteiger partial charge in [0, 0.05) is 23.3 Å². The molecule has 1 aliphatic carbocycles. The van der Waals surface area contributed by atoms with E-state index in [1.807, 2.05) is 30.3 Å². The molecular weight excluding hydrogens is 240 g/mol. The lowest BCUT2D eigenvalue weighted by Crippen LogP contribution is -2.29. The first-order valence-corrected chi connectivity index (χ1v) is 6.59. The second-order valence-corrected chi connectivity index (χ2v) is 5.00. The Morgan fingerprint density at radius 1 is 1.26 bits per heavy atom. The highest BCUT2D eigenvalue weighted by molar-refractivity contribution is 5.91. The van der Waals surface area contributed by atoms with Gasteiger partial charge in [0.2, 0.25) is 0 Å². The Morgan fingerprint density at radius 2 is 2.11 bits per heavy atom. The van der Waals surface area contributed by atoms with Crippen molar-refractivity contribution in [1.82, 2.24) is 4.98 Å². The topological polar surface area (TPSA) is 62.2 Å². The van der Waals surface area contributed by atoms with Gasteiger partial charge in [0.15, 0.2) is 0 Å². The molecule has 1 aliphatic rings. The first-order valence-electron chi connectivity index (χ1n) is 6.59. The van der Waals surface area contributed by atoms with E-state index in [0.717, 1.165) is 35.9 Å². The van der Waals surface area contributed by atoms with Gasteiger partial charge in [0.1, 0.15) is 0 Å². The van der Waals surface area contributed by atoms with Crippen molar-refractivity contribution in [1.29, 1.82) is 0 Å². The SMILES string of the molecule is O=C(O)C1CCCC1Nc1ccnc2ccccc12. The number of carbonyl (C=O) groups is 1. The van der Waals surface area contributed by atoms with Crippen LogP contribution in [-0.2, 0) is 4.79 Å². The zero-order valence-electron chi connectivity index (χ0n) is 10.5. The summed E-state index contributed by atoms with van der Waals surface area (Å²) in [7, 11) is 0. The lowest BCUT2D eigenvalue weighted by molar-refractivity contribution is -0.141. The Morgan fingerprint density at radius 3 is 2.95 bits per heavy atom. The van der Waals surface area contributed by atoms with Gasteiger partial charge in [-0.1, -0.05) is 24.6 Å². The van der Waals surface area contributed by atoms with E-state index < -0.39 is 5.97 Å². The molecule has 0 aliphatic heterocycles. The number of hydrogen-bond acceptors (Lipinski definition) is 3. The number of rotatable bonds is 3. The van der Waals surface area contributed by atoms with Crippen LogP contribution in [0.1, 0.15) is 19.3 Å². The number of nitrogens with zero attached hydrogens (tertiary/aromatic N) is 1. The van der Waals surface area contributed by atoms with Crippen LogP contribution < -0.4 is 5.32 Å². The molecule has 1 heterocycles. The van der Waals surface area contributed by atoms with Crippen molar-refractivity contribution in [3.05, 3.63) is 36.5 Å². The second kappa shape index (κ2) is 4.88. The number of aromatic nitrogens is 1. The van der Waals surface area contributed by atoms with Crippen LogP contribution in [0.5, 0.6) is 0 Å². The first kappa shape index (κ1) is 12.0. The highest BCUT2D eigenvalue weighted by Crippen LogP contribution is 2.31. The number of carboxylic acid groups (broad SMARTS) is 1. The summed E-state index contributed by atoms with van der Waals surface area (Å²) < 4.78 is 0. The number of nitrogens with one attached hydrogen (secondary N) is 1. The van der Waals surface area contributed by atoms with Crippen LogP contribution in [0.3, 0.4) is 0 Å². The van der Waals surface area contributed by atoms with E-state index in [2.05, 4.69) is 10.3 Å². The molecule has 2 N–H and O–H groups in total. The Bertz CT molecular complexity index is 607.